The highest BCUT2D eigenvalue weighted by Gasteiger charge is 2.22. The lowest BCUT2D eigenvalue weighted by atomic mass is 9.85. The van der Waals surface area contributed by atoms with E-state index >= 15 is 0 Å². The van der Waals surface area contributed by atoms with Gasteiger partial charge in [-0.15, -0.1) is 0 Å². The second-order valence-electron chi connectivity index (χ2n) is 13.8. The van der Waals surface area contributed by atoms with Crippen molar-refractivity contribution in [3.05, 3.63) is 139 Å². The van der Waals surface area contributed by atoms with Crippen LogP contribution in [-0.4, -0.2) is 15.0 Å². The van der Waals surface area contributed by atoms with E-state index in [0.29, 0.717) is 23.0 Å². The average Bonchev–Trinajstić information content (AvgIpc) is 3.33. The minimum absolute atomic E-state index is 0.627. The topological polar surface area (TPSA) is 62.5 Å². The molecule has 1 saturated carbocycles. The van der Waals surface area contributed by atoms with Crippen LogP contribution in [0, 0.1) is 29.1 Å². The Morgan fingerprint density at radius 3 is 1.84 bits per heavy atom. The highest BCUT2D eigenvalue weighted by atomic mass is 15.0. The summed E-state index contributed by atoms with van der Waals surface area (Å²) < 4.78 is 0. The second kappa shape index (κ2) is 14.8. The van der Waals surface area contributed by atoms with Crippen LogP contribution in [0.2, 0.25) is 0 Å². The molecule has 0 N–H and O–H groups in total. The molecule has 0 unspecified atom stereocenters. The van der Waals surface area contributed by atoms with Gasteiger partial charge in [-0.3, -0.25) is 0 Å². The lowest BCUT2D eigenvalue weighted by molar-refractivity contribution is 0.354. The number of hydrogen-bond donors (Lipinski definition) is 0. The Hall–Kier alpha value is -5.40. The lowest BCUT2D eigenvalue weighted by Crippen LogP contribution is -2.08. The standard InChI is InChI=1S/C45H42N4/c1-31-20-21-32(2)27-33(26-31)22-23-36-24-25-39(29-42(36)38-17-11-12-34(28-38)30-46)44-47-43(37-15-7-4-8-16-37)48-45(49-44)41-19-10-9-18-40(41)35-13-5-3-6-14-35/h3-19,24-25,28-29,31-33H,20-23,26-27H2,1-2H3/t31-,32+,33+. The summed E-state index contributed by atoms with van der Waals surface area (Å²) >= 11 is 0. The zero-order valence-corrected chi connectivity index (χ0v) is 28.4. The minimum atomic E-state index is 0.627. The normalized spacial score (nSPS) is 17.6. The van der Waals surface area contributed by atoms with Crippen molar-refractivity contribution in [2.75, 3.05) is 0 Å². The molecule has 0 saturated heterocycles. The summed E-state index contributed by atoms with van der Waals surface area (Å²) in [6, 6.07) is 45.8. The van der Waals surface area contributed by atoms with Crippen molar-refractivity contribution in [3.63, 3.8) is 0 Å². The fourth-order valence-electron chi connectivity index (χ4n) is 7.48. The lowest BCUT2D eigenvalue weighted by Gasteiger charge is -2.20. The fourth-order valence-corrected chi connectivity index (χ4v) is 7.48. The van der Waals surface area contributed by atoms with E-state index < -0.39 is 0 Å². The van der Waals surface area contributed by atoms with E-state index in [1.165, 1.54) is 37.7 Å². The van der Waals surface area contributed by atoms with Gasteiger partial charge >= 0.3 is 0 Å². The van der Waals surface area contributed by atoms with Crippen LogP contribution in [0.3, 0.4) is 0 Å². The van der Waals surface area contributed by atoms with E-state index in [0.717, 1.165) is 63.1 Å². The molecule has 1 aromatic heterocycles. The van der Waals surface area contributed by atoms with Crippen LogP contribution in [0.1, 0.15) is 57.1 Å². The first kappa shape index (κ1) is 32.2. The first-order chi connectivity index (χ1) is 24.0. The maximum absolute atomic E-state index is 9.77. The molecular weight excluding hydrogens is 597 g/mol. The van der Waals surface area contributed by atoms with Crippen LogP contribution in [0.25, 0.3) is 56.4 Å². The van der Waals surface area contributed by atoms with E-state index in [-0.39, 0.29) is 0 Å². The van der Waals surface area contributed by atoms with Crippen LogP contribution in [-0.2, 0) is 6.42 Å². The number of nitrogens with zero attached hydrogens (tertiary/aromatic N) is 4. The van der Waals surface area contributed by atoms with Gasteiger partial charge in [0.15, 0.2) is 17.5 Å². The van der Waals surface area contributed by atoms with Gasteiger partial charge in [-0.2, -0.15) is 5.26 Å². The third kappa shape index (κ3) is 7.53. The maximum Gasteiger partial charge on any atom is 0.164 e. The molecule has 4 nitrogen and oxygen atoms in total. The van der Waals surface area contributed by atoms with Crippen molar-refractivity contribution in [2.24, 2.45) is 17.8 Å². The summed E-state index contributed by atoms with van der Waals surface area (Å²) in [5.74, 6) is 4.20. The molecule has 0 bridgehead atoms. The van der Waals surface area contributed by atoms with E-state index in [9.17, 15) is 5.26 Å². The Kier molecular flexibility index (Phi) is 9.71. The molecule has 1 aliphatic rings. The van der Waals surface area contributed by atoms with Crippen molar-refractivity contribution in [1.82, 2.24) is 15.0 Å². The van der Waals surface area contributed by atoms with E-state index in [1.54, 1.807) is 0 Å². The maximum atomic E-state index is 9.77. The van der Waals surface area contributed by atoms with Crippen LogP contribution in [0.15, 0.2) is 127 Å². The highest BCUT2D eigenvalue weighted by Crippen LogP contribution is 2.37. The third-order valence-corrected chi connectivity index (χ3v) is 10.0. The molecule has 1 aliphatic carbocycles. The molecule has 49 heavy (non-hydrogen) atoms. The number of aromatic nitrogens is 3. The largest absolute Gasteiger partial charge is 0.208 e. The Labute approximate surface area is 290 Å². The third-order valence-electron chi connectivity index (χ3n) is 10.0. The van der Waals surface area contributed by atoms with E-state index in [2.05, 4.69) is 86.6 Å². The Morgan fingerprint density at radius 1 is 0.551 bits per heavy atom. The van der Waals surface area contributed by atoms with Crippen molar-refractivity contribution >= 4 is 0 Å². The van der Waals surface area contributed by atoms with Gasteiger partial charge in [0.25, 0.3) is 0 Å². The smallest absolute Gasteiger partial charge is 0.164 e. The molecule has 1 heterocycles. The minimum Gasteiger partial charge on any atom is -0.208 e. The van der Waals surface area contributed by atoms with Crippen LogP contribution >= 0.6 is 0 Å². The molecule has 242 valence electrons. The summed E-state index contributed by atoms with van der Waals surface area (Å²) in [6.45, 7) is 4.84. The number of rotatable bonds is 8. The van der Waals surface area contributed by atoms with Crippen LogP contribution < -0.4 is 0 Å². The van der Waals surface area contributed by atoms with Crippen LogP contribution in [0.4, 0.5) is 0 Å². The number of benzene rings is 5. The number of aryl methyl sites for hydroxylation is 1. The zero-order valence-electron chi connectivity index (χ0n) is 28.4. The van der Waals surface area contributed by atoms with Crippen molar-refractivity contribution in [1.29, 1.82) is 5.26 Å². The van der Waals surface area contributed by atoms with Gasteiger partial charge in [0.2, 0.25) is 0 Å². The first-order valence-corrected chi connectivity index (χ1v) is 17.6. The van der Waals surface area contributed by atoms with Gasteiger partial charge in [0.05, 0.1) is 11.6 Å². The zero-order chi connectivity index (χ0) is 33.6. The quantitative estimate of drug-likeness (QED) is 0.156. The van der Waals surface area contributed by atoms with Gasteiger partial charge < -0.3 is 0 Å². The molecule has 6 aromatic rings. The Balaban J connectivity index is 1.34. The predicted octanol–water partition coefficient (Wildman–Crippen LogP) is 11.5. The summed E-state index contributed by atoms with van der Waals surface area (Å²) in [6.07, 6.45) is 7.46. The second-order valence-corrected chi connectivity index (χ2v) is 13.8. The Bertz CT molecular complexity index is 2070. The molecule has 0 spiro atoms. The summed E-state index contributed by atoms with van der Waals surface area (Å²) in [5, 5.41) is 9.77. The molecular formula is C45H42N4. The highest BCUT2D eigenvalue weighted by molar-refractivity contribution is 5.82. The first-order valence-electron chi connectivity index (χ1n) is 17.6. The fraction of sp³-hybridized carbons (Fsp3) is 0.244. The summed E-state index contributed by atoms with van der Waals surface area (Å²) in [4.78, 5) is 15.3. The molecule has 1 fully saturated rings. The van der Waals surface area contributed by atoms with Crippen molar-refractivity contribution in [2.45, 2.75) is 52.4 Å². The average molecular weight is 639 g/mol. The van der Waals surface area contributed by atoms with Gasteiger partial charge in [-0.1, -0.05) is 136 Å². The molecule has 5 aromatic carbocycles. The predicted molar refractivity (Wildman–Crippen MR) is 200 cm³/mol. The molecule has 0 radical (unpaired) electrons. The summed E-state index contributed by atoms with van der Waals surface area (Å²) in [7, 11) is 0. The van der Waals surface area contributed by atoms with E-state index in [4.69, 9.17) is 15.0 Å². The van der Waals surface area contributed by atoms with Crippen LogP contribution in [0.5, 0.6) is 0 Å². The molecule has 4 heteroatoms. The Morgan fingerprint density at radius 2 is 1.14 bits per heavy atom. The van der Waals surface area contributed by atoms with Gasteiger partial charge in [-0.25, -0.2) is 15.0 Å². The monoisotopic (exact) mass is 638 g/mol. The summed E-state index contributed by atoms with van der Waals surface area (Å²) in [5.41, 5.74) is 9.16. The molecule has 3 atom stereocenters. The molecule has 0 aliphatic heterocycles. The van der Waals surface area contributed by atoms with E-state index in [1.807, 2.05) is 60.7 Å². The van der Waals surface area contributed by atoms with Gasteiger partial charge in [0.1, 0.15) is 0 Å². The SMILES string of the molecule is C[C@@H]1CC[C@H](C)C[C@@H](CCc2ccc(-c3nc(-c4ccccc4)nc(-c4ccccc4-c4ccccc4)n3)cc2-c2cccc(C#N)c2)C1. The van der Waals surface area contributed by atoms with Crippen molar-refractivity contribution in [3.8, 4) is 62.5 Å². The van der Waals surface area contributed by atoms with Crippen molar-refractivity contribution < 1.29 is 0 Å². The van der Waals surface area contributed by atoms with Gasteiger partial charge in [0, 0.05) is 16.7 Å². The number of hydrogen-bond acceptors (Lipinski definition) is 4. The molecule has 7 rings (SSSR count). The molecule has 0 amide bonds. The number of nitriles is 1. The van der Waals surface area contributed by atoms with Gasteiger partial charge in [-0.05, 0) is 89.5 Å².